The van der Waals surface area contributed by atoms with Crippen molar-refractivity contribution in [3.8, 4) is 0 Å². The lowest BCUT2D eigenvalue weighted by Crippen LogP contribution is -2.11. The van der Waals surface area contributed by atoms with Crippen LogP contribution in [-0.4, -0.2) is 12.8 Å². The molecule has 0 radical (unpaired) electrons. The van der Waals surface area contributed by atoms with Gasteiger partial charge in [-0.25, -0.2) is 0 Å². The van der Waals surface area contributed by atoms with Gasteiger partial charge in [-0.15, -0.1) is 0 Å². The van der Waals surface area contributed by atoms with E-state index >= 15 is 0 Å². The van der Waals surface area contributed by atoms with E-state index in [4.69, 9.17) is 15.2 Å². The number of nitrogens with two attached hydrogens (primary N) is 1. The van der Waals surface area contributed by atoms with Crippen LogP contribution in [0.4, 0.5) is 5.69 Å². The average molecular weight is 271 g/mol. The van der Waals surface area contributed by atoms with Gasteiger partial charge in [-0.05, 0) is 23.3 Å². The molecule has 0 atom stereocenters. The second-order valence-corrected chi connectivity index (χ2v) is 4.39. The predicted molar refractivity (Wildman–Crippen MR) is 76.7 cm³/mol. The van der Waals surface area contributed by atoms with Crippen LogP contribution in [0.5, 0.6) is 0 Å². The van der Waals surface area contributed by atoms with E-state index in [1.807, 2.05) is 42.5 Å². The summed E-state index contributed by atoms with van der Waals surface area (Å²) in [6.07, 6.45) is 0.194. The van der Waals surface area contributed by atoms with Crippen LogP contribution in [-0.2, 0) is 27.3 Å². The fourth-order valence-corrected chi connectivity index (χ4v) is 1.76. The highest BCUT2D eigenvalue weighted by Gasteiger charge is 2.05. The fraction of sp³-hybridized carbons (Fsp3) is 0.188. The number of esters is 1. The maximum atomic E-state index is 11.6. The second-order valence-electron chi connectivity index (χ2n) is 4.39. The number of ether oxygens (including phenoxy) is 2. The van der Waals surface area contributed by atoms with Crippen molar-refractivity contribution in [1.29, 1.82) is 0 Å². The van der Waals surface area contributed by atoms with Gasteiger partial charge in [0.1, 0.15) is 0 Å². The molecular weight excluding hydrogens is 254 g/mol. The van der Waals surface area contributed by atoms with Crippen molar-refractivity contribution in [2.45, 2.75) is 13.0 Å². The van der Waals surface area contributed by atoms with Gasteiger partial charge in [-0.3, -0.25) is 4.79 Å². The van der Waals surface area contributed by atoms with Crippen molar-refractivity contribution in [2.24, 2.45) is 0 Å². The van der Waals surface area contributed by atoms with Crippen molar-refractivity contribution in [2.75, 3.05) is 12.5 Å². The molecule has 0 amide bonds. The third-order valence-electron chi connectivity index (χ3n) is 2.71. The Bertz CT molecular complexity index is 555. The third kappa shape index (κ3) is 4.74. The molecule has 2 aromatic rings. The number of hydrogen-bond donors (Lipinski definition) is 1. The second kappa shape index (κ2) is 7.31. The molecule has 20 heavy (non-hydrogen) atoms. The number of rotatable bonds is 6. The SMILES string of the molecule is Nc1cccc(CC(=O)OCOCc2ccccc2)c1. The zero-order chi connectivity index (χ0) is 14.2. The summed E-state index contributed by atoms with van der Waals surface area (Å²) in [5.41, 5.74) is 8.15. The molecule has 2 N–H and O–H groups in total. The van der Waals surface area contributed by atoms with Crippen LogP contribution in [0.1, 0.15) is 11.1 Å². The summed E-state index contributed by atoms with van der Waals surface area (Å²) in [4.78, 5) is 11.6. The van der Waals surface area contributed by atoms with Crippen molar-refractivity contribution in [1.82, 2.24) is 0 Å². The summed E-state index contributed by atoms with van der Waals surface area (Å²) in [5.74, 6) is -0.330. The van der Waals surface area contributed by atoms with Gasteiger partial charge in [0.15, 0.2) is 6.79 Å². The first-order chi connectivity index (χ1) is 9.74. The molecule has 0 spiro atoms. The lowest BCUT2D eigenvalue weighted by atomic mass is 10.1. The number of nitrogen functional groups attached to an aromatic ring is 1. The van der Waals surface area contributed by atoms with Crippen LogP contribution in [0.15, 0.2) is 54.6 Å². The third-order valence-corrected chi connectivity index (χ3v) is 2.71. The van der Waals surface area contributed by atoms with Crippen LogP contribution >= 0.6 is 0 Å². The Morgan fingerprint density at radius 3 is 2.50 bits per heavy atom. The minimum absolute atomic E-state index is 0.0456. The minimum Gasteiger partial charge on any atom is -0.438 e. The molecule has 0 aliphatic carbocycles. The van der Waals surface area contributed by atoms with E-state index in [0.717, 1.165) is 11.1 Å². The highest BCUT2D eigenvalue weighted by atomic mass is 16.7. The molecule has 2 rings (SSSR count). The van der Waals surface area contributed by atoms with Crippen LogP contribution < -0.4 is 5.73 Å². The van der Waals surface area contributed by atoms with E-state index in [1.165, 1.54) is 0 Å². The lowest BCUT2D eigenvalue weighted by Gasteiger charge is -2.06. The predicted octanol–water partition coefficient (Wildman–Crippen LogP) is 2.53. The largest absolute Gasteiger partial charge is 0.438 e. The van der Waals surface area contributed by atoms with Gasteiger partial charge >= 0.3 is 5.97 Å². The molecule has 0 heterocycles. The first kappa shape index (κ1) is 14.1. The molecule has 4 heteroatoms. The number of hydrogen-bond acceptors (Lipinski definition) is 4. The van der Waals surface area contributed by atoms with E-state index in [1.54, 1.807) is 12.1 Å². The van der Waals surface area contributed by atoms with Crippen molar-refractivity contribution in [3.05, 3.63) is 65.7 Å². The summed E-state index contributed by atoms with van der Waals surface area (Å²) >= 11 is 0. The van der Waals surface area contributed by atoms with Crippen LogP contribution in [0.25, 0.3) is 0 Å². The topological polar surface area (TPSA) is 61.6 Å². The van der Waals surface area contributed by atoms with E-state index in [2.05, 4.69) is 0 Å². The molecule has 0 saturated carbocycles. The zero-order valence-corrected chi connectivity index (χ0v) is 11.1. The quantitative estimate of drug-likeness (QED) is 0.379. The minimum atomic E-state index is -0.330. The Hall–Kier alpha value is -2.33. The Kier molecular flexibility index (Phi) is 5.15. The Morgan fingerprint density at radius 2 is 1.75 bits per heavy atom. The molecule has 0 saturated heterocycles. The number of anilines is 1. The molecule has 4 nitrogen and oxygen atoms in total. The van der Waals surface area contributed by atoms with Gasteiger partial charge in [0, 0.05) is 5.69 Å². The maximum Gasteiger partial charge on any atom is 0.312 e. The molecule has 0 aliphatic rings. The highest BCUT2D eigenvalue weighted by Crippen LogP contribution is 2.08. The lowest BCUT2D eigenvalue weighted by molar-refractivity contribution is -0.156. The van der Waals surface area contributed by atoms with Gasteiger partial charge in [0.25, 0.3) is 0 Å². The van der Waals surface area contributed by atoms with E-state index in [9.17, 15) is 4.79 Å². The molecule has 0 unspecified atom stereocenters. The summed E-state index contributed by atoms with van der Waals surface area (Å²) in [6, 6.07) is 16.9. The summed E-state index contributed by atoms with van der Waals surface area (Å²) in [5, 5.41) is 0. The first-order valence-corrected chi connectivity index (χ1v) is 6.36. The van der Waals surface area contributed by atoms with E-state index < -0.39 is 0 Å². The standard InChI is InChI=1S/C16H17NO3/c17-15-8-4-7-14(9-15)10-16(18)20-12-19-11-13-5-2-1-3-6-13/h1-9H,10-12,17H2. The van der Waals surface area contributed by atoms with E-state index in [0.29, 0.717) is 12.3 Å². The van der Waals surface area contributed by atoms with Gasteiger partial charge < -0.3 is 15.2 Å². The molecule has 2 aromatic carbocycles. The fourth-order valence-electron chi connectivity index (χ4n) is 1.76. The van der Waals surface area contributed by atoms with Gasteiger partial charge in [-0.2, -0.15) is 0 Å². The van der Waals surface area contributed by atoms with Gasteiger partial charge in [0.05, 0.1) is 13.0 Å². The monoisotopic (exact) mass is 271 g/mol. The smallest absolute Gasteiger partial charge is 0.312 e. The zero-order valence-electron chi connectivity index (χ0n) is 11.1. The van der Waals surface area contributed by atoms with Crippen molar-refractivity contribution in [3.63, 3.8) is 0 Å². The molecule has 0 bridgehead atoms. The van der Waals surface area contributed by atoms with Gasteiger partial charge in [0.2, 0.25) is 0 Å². The molecule has 0 fully saturated rings. The first-order valence-electron chi connectivity index (χ1n) is 6.36. The Balaban J connectivity index is 1.68. The van der Waals surface area contributed by atoms with Crippen molar-refractivity contribution < 1.29 is 14.3 Å². The summed E-state index contributed by atoms with van der Waals surface area (Å²) in [7, 11) is 0. The normalized spacial score (nSPS) is 10.2. The summed E-state index contributed by atoms with van der Waals surface area (Å²) in [6.45, 7) is 0.377. The highest BCUT2D eigenvalue weighted by molar-refractivity contribution is 5.72. The Morgan fingerprint density at radius 1 is 1.00 bits per heavy atom. The van der Waals surface area contributed by atoms with Crippen LogP contribution in [0.2, 0.25) is 0 Å². The Labute approximate surface area is 118 Å². The van der Waals surface area contributed by atoms with Crippen molar-refractivity contribution >= 4 is 11.7 Å². The number of carbonyl (C=O) groups is 1. The number of benzene rings is 2. The maximum absolute atomic E-state index is 11.6. The molecule has 104 valence electrons. The number of carbonyl (C=O) groups excluding carboxylic acids is 1. The van der Waals surface area contributed by atoms with Crippen LogP contribution in [0.3, 0.4) is 0 Å². The van der Waals surface area contributed by atoms with E-state index in [-0.39, 0.29) is 19.2 Å². The van der Waals surface area contributed by atoms with Gasteiger partial charge in [-0.1, -0.05) is 42.5 Å². The molecule has 0 aliphatic heterocycles. The summed E-state index contributed by atoms with van der Waals surface area (Å²) < 4.78 is 10.3. The molecular formula is C16H17NO3. The molecule has 0 aromatic heterocycles. The average Bonchev–Trinajstić information content (AvgIpc) is 2.45. The van der Waals surface area contributed by atoms with Crippen LogP contribution in [0, 0.1) is 0 Å².